The molecular formula is C18H28N4O3S. The lowest BCUT2D eigenvalue weighted by atomic mass is 10.1. The maximum atomic E-state index is 5.53. The van der Waals surface area contributed by atoms with Crippen LogP contribution in [-0.4, -0.2) is 68.4 Å². The standard InChI is InChI=1S/C18H28N4O3S/c1-23-9-7-15(25-3)6-5-14-11-13-12-20-18(26-4)22-16(13)17(21-14)19-8-10-24-2/h11-12,15H,5-10H2,1-4H3,(H,19,21). The van der Waals surface area contributed by atoms with Gasteiger partial charge in [-0.25, -0.2) is 15.0 Å². The van der Waals surface area contributed by atoms with Gasteiger partial charge in [-0.15, -0.1) is 0 Å². The summed E-state index contributed by atoms with van der Waals surface area (Å²) in [7, 11) is 5.13. The average molecular weight is 381 g/mol. The Morgan fingerprint density at radius 3 is 2.62 bits per heavy atom. The van der Waals surface area contributed by atoms with Gasteiger partial charge in [-0.05, 0) is 31.6 Å². The second kappa shape index (κ2) is 11.3. The molecule has 2 heterocycles. The van der Waals surface area contributed by atoms with Gasteiger partial charge in [0.15, 0.2) is 11.0 Å². The number of rotatable bonds is 12. The molecule has 26 heavy (non-hydrogen) atoms. The number of nitrogens with one attached hydrogen (secondary N) is 1. The van der Waals surface area contributed by atoms with Crippen LogP contribution < -0.4 is 5.32 Å². The fourth-order valence-electron chi connectivity index (χ4n) is 2.64. The van der Waals surface area contributed by atoms with Crippen LogP contribution in [0.5, 0.6) is 0 Å². The number of thioether (sulfide) groups is 1. The Labute approximate surface area is 159 Å². The van der Waals surface area contributed by atoms with Gasteiger partial charge in [-0.1, -0.05) is 11.8 Å². The van der Waals surface area contributed by atoms with Gasteiger partial charge in [0, 0.05) is 51.8 Å². The zero-order valence-electron chi connectivity index (χ0n) is 15.9. The summed E-state index contributed by atoms with van der Waals surface area (Å²) in [6, 6.07) is 2.06. The molecular weight excluding hydrogens is 352 g/mol. The third-order valence-corrected chi connectivity index (χ3v) is 4.64. The Hall–Kier alpha value is -1.48. The van der Waals surface area contributed by atoms with Crippen LogP contribution in [-0.2, 0) is 20.6 Å². The lowest BCUT2D eigenvalue weighted by Crippen LogP contribution is -2.15. The quantitative estimate of drug-likeness (QED) is 0.342. The SMILES string of the molecule is COCCNc1nc(CCC(CCOC)OC)cc2cnc(SC)nc12. The largest absolute Gasteiger partial charge is 0.385 e. The Morgan fingerprint density at radius 1 is 1.12 bits per heavy atom. The van der Waals surface area contributed by atoms with Gasteiger partial charge in [0.05, 0.1) is 12.7 Å². The van der Waals surface area contributed by atoms with Crippen LogP contribution in [0.1, 0.15) is 18.5 Å². The number of hydrogen-bond acceptors (Lipinski definition) is 8. The number of anilines is 1. The number of pyridine rings is 1. The minimum atomic E-state index is 0.160. The van der Waals surface area contributed by atoms with E-state index in [9.17, 15) is 0 Å². The molecule has 1 unspecified atom stereocenters. The first-order valence-electron chi connectivity index (χ1n) is 8.67. The summed E-state index contributed by atoms with van der Waals surface area (Å²) in [6.07, 6.45) is 6.57. The van der Waals surface area contributed by atoms with Crippen LogP contribution in [0.4, 0.5) is 5.82 Å². The van der Waals surface area contributed by atoms with E-state index in [1.807, 2.05) is 12.5 Å². The van der Waals surface area contributed by atoms with Crippen molar-refractivity contribution in [3.05, 3.63) is 18.0 Å². The molecule has 0 aromatic carbocycles. The van der Waals surface area contributed by atoms with Crippen molar-refractivity contribution in [2.75, 3.05) is 52.7 Å². The van der Waals surface area contributed by atoms with E-state index in [1.165, 1.54) is 11.8 Å². The van der Waals surface area contributed by atoms with Gasteiger partial charge in [-0.3, -0.25) is 0 Å². The highest BCUT2D eigenvalue weighted by molar-refractivity contribution is 7.98. The third-order valence-electron chi connectivity index (χ3n) is 4.08. The topological polar surface area (TPSA) is 78.4 Å². The van der Waals surface area contributed by atoms with Crippen LogP contribution >= 0.6 is 11.8 Å². The molecule has 0 aliphatic heterocycles. The van der Waals surface area contributed by atoms with Crippen molar-refractivity contribution in [2.45, 2.75) is 30.5 Å². The Balaban J connectivity index is 2.20. The van der Waals surface area contributed by atoms with Crippen LogP contribution in [0, 0.1) is 0 Å². The summed E-state index contributed by atoms with van der Waals surface area (Å²) in [6.45, 7) is 1.98. The molecule has 0 aliphatic carbocycles. The molecule has 0 radical (unpaired) electrons. The van der Waals surface area contributed by atoms with Crippen molar-refractivity contribution in [2.24, 2.45) is 0 Å². The minimum Gasteiger partial charge on any atom is -0.385 e. The van der Waals surface area contributed by atoms with Crippen molar-refractivity contribution in [3.8, 4) is 0 Å². The maximum absolute atomic E-state index is 5.53. The van der Waals surface area contributed by atoms with Gasteiger partial charge >= 0.3 is 0 Å². The normalized spacial score (nSPS) is 12.5. The highest BCUT2D eigenvalue weighted by Crippen LogP contribution is 2.23. The van der Waals surface area contributed by atoms with Crippen molar-refractivity contribution < 1.29 is 14.2 Å². The Morgan fingerprint density at radius 2 is 1.92 bits per heavy atom. The first-order valence-corrected chi connectivity index (χ1v) is 9.89. The first-order chi connectivity index (χ1) is 12.7. The molecule has 0 saturated heterocycles. The second-order valence-electron chi connectivity index (χ2n) is 5.85. The number of ether oxygens (including phenoxy) is 3. The lowest BCUT2D eigenvalue weighted by Gasteiger charge is -2.15. The van der Waals surface area contributed by atoms with Gasteiger partial charge in [0.2, 0.25) is 0 Å². The molecule has 0 amide bonds. The molecule has 2 aromatic heterocycles. The molecule has 2 aromatic rings. The van der Waals surface area contributed by atoms with E-state index in [-0.39, 0.29) is 6.10 Å². The zero-order chi connectivity index (χ0) is 18.8. The molecule has 144 valence electrons. The minimum absolute atomic E-state index is 0.160. The number of fused-ring (bicyclic) bond motifs is 1. The molecule has 7 nitrogen and oxygen atoms in total. The number of aromatic nitrogens is 3. The predicted molar refractivity (Wildman–Crippen MR) is 105 cm³/mol. The zero-order valence-corrected chi connectivity index (χ0v) is 16.8. The van der Waals surface area contributed by atoms with E-state index >= 15 is 0 Å². The molecule has 0 saturated carbocycles. The van der Waals surface area contributed by atoms with Gasteiger partial charge in [0.1, 0.15) is 5.52 Å². The summed E-state index contributed by atoms with van der Waals surface area (Å²) in [5.74, 6) is 0.776. The van der Waals surface area contributed by atoms with Crippen molar-refractivity contribution >= 4 is 28.5 Å². The van der Waals surface area contributed by atoms with E-state index in [2.05, 4.69) is 21.4 Å². The van der Waals surface area contributed by atoms with Crippen molar-refractivity contribution in [3.63, 3.8) is 0 Å². The summed E-state index contributed by atoms with van der Waals surface area (Å²) in [4.78, 5) is 13.8. The van der Waals surface area contributed by atoms with Gasteiger partial charge in [-0.2, -0.15) is 0 Å². The smallest absolute Gasteiger partial charge is 0.187 e. The van der Waals surface area contributed by atoms with Crippen molar-refractivity contribution in [1.29, 1.82) is 0 Å². The fraction of sp³-hybridized carbons (Fsp3) is 0.611. The summed E-state index contributed by atoms with van der Waals surface area (Å²) in [5.41, 5.74) is 1.84. The van der Waals surface area contributed by atoms with E-state index in [1.54, 1.807) is 21.3 Å². The summed E-state index contributed by atoms with van der Waals surface area (Å²) >= 11 is 1.52. The summed E-state index contributed by atoms with van der Waals surface area (Å²) in [5, 5.41) is 5.05. The van der Waals surface area contributed by atoms with E-state index in [0.29, 0.717) is 19.8 Å². The van der Waals surface area contributed by atoms with E-state index in [0.717, 1.165) is 46.8 Å². The number of nitrogens with zero attached hydrogens (tertiary/aromatic N) is 3. The monoisotopic (exact) mass is 380 g/mol. The van der Waals surface area contributed by atoms with E-state index < -0.39 is 0 Å². The van der Waals surface area contributed by atoms with Crippen LogP contribution in [0.15, 0.2) is 17.4 Å². The molecule has 0 bridgehead atoms. The molecule has 1 atom stereocenters. The number of aryl methyl sites for hydroxylation is 1. The predicted octanol–water partition coefficient (Wildman–Crippen LogP) is 2.79. The van der Waals surface area contributed by atoms with Crippen LogP contribution in [0.3, 0.4) is 0 Å². The van der Waals surface area contributed by atoms with E-state index in [4.69, 9.17) is 19.2 Å². The van der Waals surface area contributed by atoms with Gasteiger partial charge in [0.25, 0.3) is 0 Å². The molecule has 8 heteroatoms. The Bertz CT molecular complexity index is 687. The van der Waals surface area contributed by atoms with Crippen molar-refractivity contribution in [1.82, 2.24) is 15.0 Å². The maximum Gasteiger partial charge on any atom is 0.187 e. The molecule has 2 rings (SSSR count). The number of hydrogen-bond donors (Lipinski definition) is 1. The molecule has 1 N–H and O–H groups in total. The molecule has 0 fully saturated rings. The average Bonchev–Trinajstić information content (AvgIpc) is 2.68. The third kappa shape index (κ3) is 6.05. The van der Waals surface area contributed by atoms with Crippen LogP contribution in [0.2, 0.25) is 0 Å². The lowest BCUT2D eigenvalue weighted by molar-refractivity contribution is 0.0609. The van der Waals surface area contributed by atoms with Crippen LogP contribution in [0.25, 0.3) is 10.9 Å². The summed E-state index contributed by atoms with van der Waals surface area (Å²) < 4.78 is 15.8. The Kier molecular flexibility index (Phi) is 9.04. The fourth-order valence-corrected chi connectivity index (χ4v) is 2.98. The second-order valence-corrected chi connectivity index (χ2v) is 6.63. The highest BCUT2D eigenvalue weighted by atomic mass is 32.2. The number of methoxy groups -OCH3 is 3. The molecule has 0 aliphatic rings. The van der Waals surface area contributed by atoms with Gasteiger partial charge < -0.3 is 19.5 Å². The first kappa shape index (κ1) is 20.8. The highest BCUT2D eigenvalue weighted by Gasteiger charge is 2.12. The molecule has 0 spiro atoms.